The van der Waals surface area contributed by atoms with Gasteiger partial charge in [-0.1, -0.05) is 32.9 Å². The highest BCUT2D eigenvalue weighted by molar-refractivity contribution is 5.71. The van der Waals surface area contributed by atoms with Gasteiger partial charge in [0.05, 0.1) is 0 Å². The fraction of sp³-hybridized carbons (Fsp3) is 0.500. The van der Waals surface area contributed by atoms with E-state index in [4.69, 9.17) is 9.47 Å². The maximum absolute atomic E-state index is 11.9. The van der Waals surface area contributed by atoms with Gasteiger partial charge >= 0.3 is 5.97 Å². The molecule has 0 N–H and O–H groups in total. The Balaban J connectivity index is 1.91. The van der Waals surface area contributed by atoms with E-state index in [2.05, 4.69) is 24.0 Å². The zero-order chi connectivity index (χ0) is 17.7. The van der Waals surface area contributed by atoms with Crippen LogP contribution in [-0.4, -0.2) is 27.3 Å². The number of aromatic nitrogens is 3. The number of ether oxygens (including phenoxy) is 2. The molecule has 0 fully saturated rings. The molecule has 0 spiro atoms. The molecule has 0 bridgehead atoms. The van der Waals surface area contributed by atoms with Gasteiger partial charge < -0.3 is 14.0 Å². The second kappa shape index (κ2) is 7.95. The van der Waals surface area contributed by atoms with Gasteiger partial charge in [-0.05, 0) is 30.0 Å². The van der Waals surface area contributed by atoms with Crippen molar-refractivity contribution in [1.82, 2.24) is 14.8 Å². The van der Waals surface area contributed by atoms with Gasteiger partial charge in [-0.3, -0.25) is 0 Å². The summed E-state index contributed by atoms with van der Waals surface area (Å²) in [6, 6.07) is 6.02. The average Bonchev–Trinajstić information content (AvgIpc) is 2.90. The number of rotatable bonds is 7. The molecule has 0 saturated carbocycles. The number of hydrogen-bond acceptors (Lipinski definition) is 5. The second-order valence-corrected chi connectivity index (χ2v) is 6.09. The lowest BCUT2D eigenvalue weighted by molar-refractivity contribution is -0.147. The van der Waals surface area contributed by atoms with Gasteiger partial charge in [0.1, 0.15) is 11.6 Å². The van der Waals surface area contributed by atoms with Crippen molar-refractivity contribution in [2.45, 2.75) is 46.6 Å². The quantitative estimate of drug-likeness (QED) is 0.730. The molecule has 1 aromatic carbocycles. The number of hydrogen-bond donors (Lipinski definition) is 0. The van der Waals surface area contributed by atoms with Crippen molar-refractivity contribution in [3.05, 3.63) is 41.0 Å². The van der Waals surface area contributed by atoms with E-state index < -0.39 is 5.97 Å². The molecule has 6 nitrogen and oxygen atoms in total. The highest BCUT2D eigenvalue weighted by Gasteiger charge is 2.13. The predicted molar refractivity (Wildman–Crippen MR) is 90.9 cm³/mol. The van der Waals surface area contributed by atoms with Gasteiger partial charge in [-0.15, -0.1) is 10.2 Å². The van der Waals surface area contributed by atoms with Gasteiger partial charge in [0.2, 0.25) is 0 Å². The Morgan fingerprint density at radius 3 is 2.58 bits per heavy atom. The SMILES string of the molecule is CCc1nnc(COC(=O)COc2cc(C)ccc2C(C)C)n1C. The molecule has 0 radical (unpaired) electrons. The minimum atomic E-state index is -0.424. The van der Waals surface area contributed by atoms with Crippen LogP contribution in [0.2, 0.25) is 0 Å². The zero-order valence-electron chi connectivity index (χ0n) is 15.0. The molecular formula is C18H25N3O3. The van der Waals surface area contributed by atoms with Crippen molar-refractivity contribution in [3.8, 4) is 5.75 Å². The topological polar surface area (TPSA) is 66.2 Å². The Morgan fingerprint density at radius 2 is 1.96 bits per heavy atom. The predicted octanol–water partition coefficient (Wildman–Crippen LogP) is 2.93. The molecule has 6 heteroatoms. The number of esters is 1. The molecule has 0 atom stereocenters. The third-order valence-corrected chi connectivity index (χ3v) is 3.87. The monoisotopic (exact) mass is 331 g/mol. The third-order valence-electron chi connectivity index (χ3n) is 3.87. The molecule has 1 heterocycles. The molecule has 0 aliphatic carbocycles. The molecular weight excluding hydrogens is 306 g/mol. The molecule has 0 aliphatic heterocycles. The highest BCUT2D eigenvalue weighted by atomic mass is 16.6. The molecule has 0 aliphatic rings. The Hall–Kier alpha value is -2.37. The van der Waals surface area contributed by atoms with Crippen molar-refractivity contribution < 1.29 is 14.3 Å². The fourth-order valence-corrected chi connectivity index (χ4v) is 2.40. The Labute approximate surface area is 142 Å². The van der Waals surface area contributed by atoms with Crippen molar-refractivity contribution in [2.75, 3.05) is 6.61 Å². The number of nitrogens with zero attached hydrogens (tertiary/aromatic N) is 3. The molecule has 2 rings (SSSR count). The first kappa shape index (κ1) is 18.0. The van der Waals surface area contributed by atoms with Crippen molar-refractivity contribution in [3.63, 3.8) is 0 Å². The van der Waals surface area contributed by atoms with Gasteiger partial charge in [-0.25, -0.2) is 4.79 Å². The number of benzene rings is 1. The van der Waals surface area contributed by atoms with Gasteiger partial charge in [0, 0.05) is 13.5 Å². The van der Waals surface area contributed by atoms with E-state index in [0.29, 0.717) is 11.7 Å². The third kappa shape index (κ3) is 4.34. The molecule has 1 aromatic heterocycles. The van der Waals surface area contributed by atoms with Crippen LogP contribution in [0.1, 0.15) is 49.5 Å². The van der Waals surface area contributed by atoms with E-state index in [9.17, 15) is 4.79 Å². The van der Waals surface area contributed by atoms with Gasteiger partial charge in [-0.2, -0.15) is 0 Å². The summed E-state index contributed by atoms with van der Waals surface area (Å²) >= 11 is 0. The largest absolute Gasteiger partial charge is 0.482 e. The lowest BCUT2D eigenvalue weighted by atomic mass is 10.0. The minimum Gasteiger partial charge on any atom is -0.482 e. The summed E-state index contributed by atoms with van der Waals surface area (Å²) in [5.41, 5.74) is 2.17. The lowest BCUT2D eigenvalue weighted by Gasteiger charge is -2.14. The maximum atomic E-state index is 11.9. The summed E-state index contributed by atoms with van der Waals surface area (Å²) < 4.78 is 12.7. The van der Waals surface area contributed by atoms with E-state index in [1.165, 1.54) is 0 Å². The second-order valence-electron chi connectivity index (χ2n) is 6.09. The highest BCUT2D eigenvalue weighted by Crippen LogP contribution is 2.27. The van der Waals surface area contributed by atoms with E-state index in [-0.39, 0.29) is 13.2 Å². The number of carbonyl (C=O) groups excluding carboxylic acids is 1. The van der Waals surface area contributed by atoms with Crippen molar-refractivity contribution in [2.24, 2.45) is 7.05 Å². The summed E-state index contributed by atoms with van der Waals surface area (Å²) in [7, 11) is 1.86. The van der Waals surface area contributed by atoms with Crippen LogP contribution in [0.25, 0.3) is 0 Å². The molecule has 0 saturated heterocycles. The summed E-state index contributed by atoms with van der Waals surface area (Å²) in [5, 5.41) is 8.06. The first-order valence-electron chi connectivity index (χ1n) is 8.18. The fourth-order valence-electron chi connectivity index (χ4n) is 2.40. The summed E-state index contributed by atoms with van der Waals surface area (Å²) in [4.78, 5) is 11.9. The number of carbonyl (C=O) groups is 1. The first-order chi connectivity index (χ1) is 11.4. The van der Waals surface area contributed by atoms with Crippen LogP contribution in [0, 0.1) is 6.92 Å². The van der Waals surface area contributed by atoms with Crippen LogP contribution < -0.4 is 4.74 Å². The minimum absolute atomic E-state index is 0.0938. The van der Waals surface area contributed by atoms with Crippen LogP contribution in [0.3, 0.4) is 0 Å². The van der Waals surface area contributed by atoms with E-state index in [1.807, 2.05) is 43.7 Å². The standard InChI is InChI=1S/C18H25N3O3/c1-6-16-19-20-17(21(16)5)10-24-18(22)11-23-15-9-13(4)7-8-14(15)12(2)3/h7-9,12H,6,10-11H2,1-5H3. The summed E-state index contributed by atoms with van der Waals surface area (Å²) in [5.74, 6) is 2.11. The number of aryl methyl sites for hydroxylation is 2. The maximum Gasteiger partial charge on any atom is 0.344 e. The molecule has 0 amide bonds. The van der Waals surface area contributed by atoms with Crippen molar-refractivity contribution in [1.29, 1.82) is 0 Å². The average molecular weight is 331 g/mol. The zero-order valence-corrected chi connectivity index (χ0v) is 15.0. The van der Waals surface area contributed by atoms with Crippen LogP contribution in [0.4, 0.5) is 0 Å². The molecule has 130 valence electrons. The normalized spacial score (nSPS) is 10.9. The molecule has 2 aromatic rings. The van der Waals surface area contributed by atoms with E-state index in [0.717, 1.165) is 29.1 Å². The van der Waals surface area contributed by atoms with E-state index in [1.54, 1.807) is 0 Å². The van der Waals surface area contributed by atoms with Crippen LogP contribution in [-0.2, 0) is 29.6 Å². The lowest BCUT2D eigenvalue weighted by Crippen LogP contribution is -2.17. The molecule has 24 heavy (non-hydrogen) atoms. The summed E-state index contributed by atoms with van der Waals surface area (Å²) in [6.07, 6.45) is 0.784. The smallest absolute Gasteiger partial charge is 0.344 e. The Bertz CT molecular complexity index is 708. The molecule has 0 unspecified atom stereocenters. The van der Waals surface area contributed by atoms with E-state index >= 15 is 0 Å². The van der Waals surface area contributed by atoms with Gasteiger partial charge in [0.15, 0.2) is 19.0 Å². The van der Waals surface area contributed by atoms with Crippen LogP contribution in [0.5, 0.6) is 5.75 Å². The Morgan fingerprint density at radius 1 is 1.25 bits per heavy atom. The van der Waals surface area contributed by atoms with Crippen LogP contribution >= 0.6 is 0 Å². The first-order valence-corrected chi connectivity index (χ1v) is 8.18. The summed E-state index contributed by atoms with van der Waals surface area (Å²) in [6.45, 7) is 8.15. The van der Waals surface area contributed by atoms with Crippen molar-refractivity contribution >= 4 is 5.97 Å². The van der Waals surface area contributed by atoms with Crippen LogP contribution in [0.15, 0.2) is 18.2 Å². The van der Waals surface area contributed by atoms with Gasteiger partial charge in [0.25, 0.3) is 0 Å². The Kier molecular flexibility index (Phi) is 5.95.